The van der Waals surface area contributed by atoms with Crippen molar-refractivity contribution in [2.24, 2.45) is 0 Å². The first-order valence-corrected chi connectivity index (χ1v) is 9.31. The largest absolute Gasteiger partial charge is 1.00 e. The van der Waals surface area contributed by atoms with Crippen LogP contribution in [-0.4, -0.2) is 66.2 Å². The molecule has 1 fully saturated rings. The van der Waals surface area contributed by atoms with Gasteiger partial charge in [-0.2, -0.15) is 0 Å². The lowest BCUT2D eigenvalue weighted by atomic mass is 10.2. The van der Waals surface area contributed by atoms with E-state index in [-0.39, 0.29) is 24.9 Å². The van der Waals surface area contributed by atoms with Gasteiger partial charge < -0.3 is 27.2 Å². The van der Waals surface area contributed by atoms with E-state index in [1.54, 1.807) is 6.08 Å². The highest BCUT2D eigenvalue weighted by Crippen LogP contribution is 2.10. The van der Waals surface area contributed by atoms with Crippen molar-refractivity contribution in [3.8, 4) is 5.75 Å². The topological polar surface area (TPSA) is 53.0 Å². The SMILES string of the molecule is O=C(C=Cc1ccccc1)N1CCN(CC(O)COc2ccccc2)CC1.[Cl-]. The molecule has 1 aliphatic rings. The number of carbonyl (C=O) groups is 1. The molecule has 5 nitrogen and oxygen atoms in total. The summed E-state index contributed by atoms with van der Waals surface area (Å²) in [4.78, 5) is 16.3. The number of aliphatic hydroxyl groups is 1. The number of para-hydroxylation sites is 1. The van der Waals surface area contributed by atoms with Crippen LogP contribution in [-0.2, 0) is 4.79 Å². The number of carbonyl (C=O) groups excluding carboxylic acids is 1. The van der Waals surface area contributed by atoms with Gasteiger partial charge in [0.05, 0.1) is 0 Å². The Hall–Kier alpha value is -2.34. The summed E-state index contributed by atoms with van der Waals surface area (Å²) >= 11 is 0. The zero-order valence-electron chi connectivity index (χ0n) is 15.8. The third-order valence-corrected chi connectivity index (χ3v) is 4.56. The highest BCUT2D eigenvalue weighted by molar-refractivity contribution is 5.91. The van der Waals surface area contributed by atoms with Gasteiger partial charge in [0.2, 0.25) is 5.91 Å². The monoisotopic (exact) mass is 401 g/mol. The van der Waals surface area contributed by atoms with Crippen molar-refractivity contribution in [2.75, 3.05) is 39.3 Å². The molecule has 0 aromatic heterocycles. The van der Waals surface area contributed by atoms with E-state index in [1.807, 2.05) is 71.6 Å². The normalized spacial score (nSPS) is 15.8. The smallest absolute Gasteiger partial charge is 0.246 e. The van der Waals surface area contributed by atoms with E-state index in [0.29, 0.717) is 19.6 Å². The van der Waals surface area contributed by atoms with Gasteiger partial charge in [-0.15, -0.1) is 0 Å². The number of rotatable bonds is 7. The number of hydrogen-bond acceptors (Lipinski definition) is 4. The van der Waals surface area contributed by atoms with Crippen molar-refractivity contribution in [2.45, 2.75) is 6.10 Å². The van der Waals surface area contributed by atoms with Crippen LogP contribution in [0.4, 0.5) is 0 Å². The van der Waals surface area contributed by atoms with E-state index >= 15 is 0 Å². The number of piperazine rings is 1. The van der Waals surface area contributed by atoms with E-state index in [4.69, 9.17) is 4.74 Å². The van der Waals surface area contributed by atoms with Gasteiger partial charge in [0.15, 0.2) is 0 Å². The third-order valence-electron chi connectivity index (χ3n) is 4.56. The number of nitrogens with zero attached hydrogens (tertiary/aromatic N) is 2. The summed E-state index contributed by atoms with van der Waals surface area (Å²) in [6, 6.07) is 19.3. The fourth-order valence-electron chi connectivity index (χ4n) is 3.05. The Morgan fingerprint density at radius 1 is 1.00 bits per heavy atom. The Morgan fingerprint density at radius 3 is 2.25 bits per heavy atom. The van der Waals surface area contributed by atoms with Crippen LogP contribution in [0.25, 0.3) is 6.08 Å². The summed E-state index contributed by atoms with van der Waals surface area (Å²) in [6.45, 7) is 3.67. The van der Waals surface area contributed by atoms with E-state index in [0.717, 1.165) is 24.4 Å². The summed E-state index contributed by atoms with van der Waals surface area (Å²) in [5, 5.41) is 10.2. The van der Waals surface area contributed by atoms with E-state index in [2.05, 4.69) is 4.90 Å². The average Bonchev–Trinajstić information content (AvgIpc) is 2.72. The van der Waals surface area contributed by atoms with Crippen LogP contribution in [0, 0.1) is 0 Å². The molecule has 0 saturated carbocycles. The quantitative estimate of drug-likeness (QED) is 0.623. The van der Waals surface area contributed by atoms with Crippen LogP contribution in [0.5, 0.6) is 5.75 Å². The third kappa shape index (κ3) is 7.00. The maximum Gasteiger partial charge on any atom is 0.246 e. The molecular formula is C22H26ClN2O3-. The molecule has 0 spiro atoms. The van der Waals surface area contributed by atoms with Gasteiger partial charge in [-0.25, -0.2) is 0 Å². The summed E-state index contributed by atoms with van der Waals surface area (Å²) in [6.07, 6.45) is 2.93. The number of hydrogen-bond donors (Lipinski definition) is 1. The molecule has 1 saturated heterocycles. The predicted molar refractivity (Wildman–Crippen MR) is 106 cm³/mol. The molecule has 1 heterocycles. The lowest BCUT2D eigenvalue weighted by Crippen LogP contribution is -3.00. The van der Waals surface area contributed by atoms with E-state index in [9.17, 15) is 9.90 Å². The lowest BCUT2D eigenvalue weighted by molar-refractivity contribution is -0.127. The first kappa shape index (κ1) is 22.0. The predicted octanol–water partition coefficient (Wildman–Crippen LogP) is -0.712. The van der Waals surface area contributed by atoms with Crippen LogP contribution in [0.2, 0.25) is 0 Å². The molecule has 1 amide bonds. The Bertz CT molecular complexity index is 732. The van der Waals surface area contributed by atoms with Crippen molar-refractivity contribution < 1.29 is 27.0 Å². The number of amides is 1. The van der Waals surface area contributed by atoms with Crippen LogP contribution < -0.4 is 17.1 Å². The van der Waals surface area contributed by atoms with Crippen LogP contribution in [0.1, 0.15) is 5.56 Å². The van der Waals surface area contributed by atoms with Crippen molar-refractivity contribution in [3.63, 3.8) is 0 Å². The molecule has 1 N–H and O–H groups in total. The summed E-state index contributed by atoms with van der Waals surface area (Å²) in [7, 11) is 0. The van der Waals surface area contributed by atoms with Gasteiger partial charge in [-0.3, -0.25) is 9.69 Å². The fourth-order valence-corrected chi connectivity index (χ4v) is 3.05. The van der Waals surface area contributed by atoms with Crippen molar-refractivity contribution >= 4 is 12.0 Å². The van der Waals surface area contributed by atoms with Crippen molar-refractivity contribution in [1.82, 2.24) is 9.80 Å². The molecule has 150 valence electrons. The molecule has 2 aromatic carbocycles. The average molecular weight is 402 g/mol. The Morgan fingerprint density at radius 2 is 1.61 bits per heavy atom. The van der Waals surface area contributed by atoms with Crippen LogP contribution >= 0.6 is 0 Å². The van der Waals surface area contributed by atoms with Crippen molar-refractivity contribution in [3.05, 3.63) is 72.3 Å². The highest BCUT2D eigenvalue weighted by Gasteiger charge is 2.21. The zero-order valence-corrected chi connectivity index (χ0v) is 16.5. The molecule has 3 rings (SSSR count). The van der Waals surface area contributed by atoms with E-state index in [1.165, 1.54) is 0 Å². The first-order chi connectivity index (χ1) is 13.2. The van der Waals surface area contributed by atoms with Gasteiger partial charge >= 0.3 is 0 Å². The molecule has 2 aromatic rings. The van der Waals surface area contributed by atoms with Crippen LogP contribution in [0.15, 0.2) is 66.7 Å². The summed E-state index contributed by atoms with van der Waals surface area (Å²) in [5.41, 5.74) is 1.02. The first-order valence-electron chi connectivity index (χ1n) is 9.31. The Kier molecular flexibility index (Phi) is 9.01. The number of halogens is 1. The molecule has 0 aliphatic carbocycles. The van der Waals surface area contributed by atoms with Gasteiger partial charge in [0.25, 0.3) is 0 Å². The number of β-amino-alcohol motifs (C(OH)–C–C–N with tert-alkyl or cyclic N) is 1. The number of benzene rings is 2. The van der Waals surface area contributed by atoms with Gasteiger partial charge in [-0.05, 0) is 23.8 Å². The van der Waals surface area contributed by atoms with Crippen molar-refractivity contribution in [1.29, 1.82) is 0 Å². The fraction of sp³-hybridized carbons (Fsp3) is 0.318. The molecule has 6 heteroatoms. The number of ether oxygens (including phenoxy) is 1. The molecule has 1 aliphatic heterocycles. The van der Waals surface area contributed by atoms with Gasteiger partial charge in [-0.1, -0.05) is 48.5 Å². The lowest BCUT2D eigenvalue weighted by Gasteiger charge is -2.35. The van der Waals surface area contributed by atoms with Gasteiger partial charge in [0.1, 0.15) is 18.5 Å². The number of aliphatic hydroxyl groups excluding tert-OH is 1. The maximum atomic E-state index is 12.3. The molecule has 0 radical (unpaired) electrons. The minimum absolute atomic E-state index is 0. The van der Waals surface area contributed by atoms with Gasteiger partial charge in [0, 0.05) is 38.8 Å². The second-order valence-electron chi connectivity index (χ2n) is 6.65. The molecule has 1 atom stereocenters. The standard InChI is InChI=1S/C22H26N2O3.ClH/c25-20(18-27-21-9-5-2-6-10-21)17-23-13-15-24(16-14-23)22(26)12-11-19-7-3-1-4-8-19;/h1-12,20,25H,13-18H2;1H/p-1. The molecule has 1 unspecified atom stereocenters. The Labute approximate surface area is 172 Å². The second-order valence-corrected chi connectivity index (χ2v) is 6.65. The summed E-state index contributed by atoms with van der Waals surface area (Å²) < 4.78 is 5.59. The molecule has 0 bridgehead atoms. The molecular weight excluding hydrogens is 376 g/mol. The minimum atomic E-state index is -0.551. The van der Waals surface area contributed by atoms with E-state index < -0.39 is 6.10 Å². The van der Waals surface area contributed by atoms with Crippen LogP contribution in [0.3, 0.4) is 0 Å². The second kappa shape index (κ2) is 11.5. The molecule has 28 heavy (non-hydrogen) atoms. The minimum Gasteiger partial charge on any atom is -1.00 e. The zero-order chi connectivity index (χ0) is 18.9. The summed E-state index contributed by atoms with van der Waals surface area (Å²) in [5.74, 6) is 0.795. The Balaban J connectivity index is 0.00000280. The maximum absolute atomic E-state index is 12.3. The highest BCUT2D eigenvalue weighted by atomic mass is 35.5.